The lowest BCUT2D eigenvalue weighted by Crippen LogP contribution is -2.14. The zero-order valence-corrected chi connectivity index (χ0v) is 9.37. The summed E-state index contributed by atoms with van der Waals surface area (Å²) in [4.78, 5) is 19.6. The van der Waals surface area contributed by atoms with Crippen LogP contribution in [-0.2, 0) is 4.74 Å². The molecule has 0 radical (unpaired) electrons. The molecular weight excluding hydrogens is 194 g/mol. The van der Waals surface area contributed by atoms with Gasteiger partial charge in [0.05, 0.1) is 6.10 Å². The van der Waals surface area contributed by atoms with Gasteiger partial charge in [0.25, 0.3) is 0 Å². The number of aryl methyl sites for hydroxylation is 1. The summed E-state index contributed by atoms with van der Waals surface area (Å²) in [5.41, 5.74) is 0.278. The minimum absolute atomic E-state index is 0.147. The Labute approximate surface area is 88.9 Å². The number of nitrogens with zero attached hydrogens (tertiary/aromatic N) is 2. The highest BCUT2D eigenvalue weighted by molar-refractivity contribution is 5.88. The Morgan fingerprint density at radius 2 is 2.13 bits per heavy atom. The van der Waals surface area contributed by atoms with Crippen molar-refractivity contribution in [2.24, 2.45) is 0 Å². The highest BCUT2D eigenvalue weighted by Crippen LogP contribution is 2.07. The third-order valence-corrected chi connectivity index (χ3v) is 1.65. The Kier molecular flexibility index (Phi) is 3.60. The van der Waals surface area contributed by atoms with Gasteiger partial charge in [0.15, 0.2) is 5.69 Å². The summed E-state index contributed by atoms with van der Waals surface area (Å²) in [6.45, 7) is 5.32. The molecule has 0 saturated heterocycles. The number of carbonyl (C=O) groups excluding carboxylic acids is 1. The molecule has 0 unspecified atom stereocenters. The van der Waals surface area contributed by atoms with Gasteiger partial charge in [-0.25, -0.2) is 14.8 Å². The Hall–Kier alpha value is -1.65. The first-order valence-electron chi connectivity index (χ1n) is 4.77. The molecule has 1 rings (SSSR count). The molecule has 0 atom stereocenters. The minimum Gasteiger partial charge on any atom is -0.458 e. The smallest absolute Gasteiger partial charge is 0.357 e. The van der Waals surface area contributed by atoms with Crippen molar-refractivity contribution in [2.45, 2.75) is 26.9 Å². The fourth-order valence-corrected chi connectivity index (χ4v) is 1.07. The average Bonchev–Trinajstić information content (AvgIpc) is 2.15. The third kappa shape index (κ3) is 3.19. The maximum atomic E-state index is 11.5. The van der Waals surface area contributed by atoms with Gasteiger partial charge in [-0.15, -0.1) is 0 Å². The maximum Gasteiger partial charge on any atom is 0.357 e. The van der Waals surface area contributed by atoms with Crippen molar-refractivity contribution in [3.63, 3.8) is 0 Å². The molecule has 0 aromatic carbocycles. The van der Waals surface area contributed by atoms with Gasteiger partial charge in [-0.05, 0) is 20.8 Å². The summed E-state index contributed by atoms with van der Waals surface area (Å²) in [5, 5.41) is 2.86. The molecule has 1 N–H and O–H groups in total. The number of hydrogen-bond acceptors (Lipinski definition) is 5. The average molecular weight is 209 g/mol. The molecular formula is C10H15N3O2. The van der Waals surface area contributed by atoms with Crippen LogP contribution < -0.4 is 5.32 Å². The molecule has 0 aliphatic carbocycles. The molecule has 5 heteroatoms. The van der Waals surface area contributed by atoms with E-state index in [2.05, 4.69) is 15.3 Å². The Morgan fingerprint density at radius 3 is 2.67 bits per heavy atom. The second kappa shape index (κ2) is 4.72. The van der Waals surface area contributed by atoms with E-state index in [4.69, 9.17) is 4.74 Å². The van der Waals surface area contributed by atoms with Crippen LogP contribution in [0.15, 0.2) is 6.07 Å². The normalized spacial score (nSPS) is 10.2. The fourth-order valence-electron chi connectivity index (χ4n) is 1.07. The van der Waals surface area contributed by atoms with E-state index in [0.717, 1.165) is 0 Å². The van der Waals surface area contributed by atoms with Crippen molar-refractivity contribution in [1.29, 1.82) is 0 Å². The number of ether oxygens (including phenoxy) is 1. The van der Waals surface area contributed by atoms with Crippen LogP contribution in [0.25, 0.3) is 0 Å². The van der Waals surface area contributed by atoms with E-state index in [1.54, 1.807) is 33.9 Å². The van der Waals surface area contributed by atoms with E-state index in [1.807, 2.05) is 0 Å². The van der Waals surface area contributed by atoms with E-state index in [1.165, 1.54) is 0 Å². The topological polar surface area (TPSA) is 64.1 Å². The summed E-state index contributed by atoms with van der Waals surface area (Å²) in [5.74, 6) is 0.725. The van der Waals surface area contributed by atoms with E-state index in [-0.39, 0.29) is 11.8 Å². The molecule has 82 valence electrons. The van der Waals surface area contributed by atoms with Gasteiger partial charge in [-0.1, -0.05) is 0 Å². The SMILES string of the molecule is CNc1cc(C(=O)OC(C)C)nc(C)n1. The van der Waals surface area contributed by atoms with Gasteiger partial charge < -0.3 is 10.1 Å². The van der Waals surface area contributed by atoms with E-state index in [0.29, 0.717) is 11.6 Å². The van der Waals surface area contributed by atoms with E-state index < -0.39 is 5.97 Å². The third-order valence-electron chi connectivity index (χ3n) is 1.65. The lowest BCUT2D eigenvalue weighted by atomic mass is 10.3. The van der Waals surface area contributed by atoms with Crippen LogP contribution in [0.1, 0.15) is 30.2 Å². The van der Waals surface area contributed by atoms with Crippen LogP contribution in [0.2, 0.25) is 0 Å². The highest BCUT2D eigenvalue weighted by Gasteiger charge is 2.12. The molecule has 15 heavy (non-hydrogen) atoms. The molecule has 0 amide bonds. The summed E-state index contributed by atoms with van der Waals surface area (Å²) in [7, 11) is 1.74. The Morgan fingerprint density at radius 1 is 1.47 bits per heavy atom. The zero-order chi connectivity index (χ0) is 11.4. The largest absolute Gasteiger partial charge is 0.458 e. The summed E-state index contributed by atoms with van der Waals surface area (Å²) >= 11 is 0. The molecule has 0 spiro atoms. The molecule has 0 bridgehead atoms. The van der Waals surface area contributed by atoms with Crippen LogP contribution in [0.4, 0.5) is 5.82 Å². The van der Waals surface area contributed by atoms with Crippen molar-refractivity contribution in [3.8, 4) is 0 Å². The van der Waals surface area contributed by atoms with Gasteiger partial charge in [0, 0.05) is 13.1 Å². The molecule has 0 saturated carbocycles. The molecule has 1 aromatic rings. The van der Waals surface area contributed by atoms with Gasteiger partial charge in [0.1, 0.15) is 11.6 Å². The number of carbonyl (C=O) groups is 1. The first-order valence-corrected chi connectivity index (χ1v) is 4.77. The number of anilines is 1. The lowest BCUT2D eigenvalue weighted by Gasteiger charge is -2.08. The second-order valence-corrected chi connectivity index (χ2v) is 3.39. The standard InChI is InChI=1S/C10H15N3O2/c1-6(2)15-10(14)8-5-9(11-4)13-7(3)12-8/h5-6H,1-4H3,(H,11,12,13). The zero-order valence-electron chi connectivity index (χ0n) is 9.37. The number of nitrogens with one attached hydrogen (secondary N) is 1. The summed E-state index contributed by atoms with van der Waals surface area (Å²) in [6, 6.07) is 1.57. The molecule has 0 fully saturated rings. The van der Waals surface area contributed by atoms with Crippen molar-refractivity contribution < 1.29 is 9.53 Å². The van der Waals surface area contributed by atoms with Gasteiger partial charge in [-0.3, -0.25) is 0 Å². The molecule has 1 heterocycles. The minimum atomic E-state index is -0.424. The van der Waals surface area contributed by atoms with Crippen LogP contribution >= 0.6 is 0 Å². The fraction of sp³-hybridized carbons (Fsp3) is 0.500. The number of esters is 1. The first kappa shape index (κ1) is 11.4. The van der Waals surface area contributed by atoms with Crippen molar-refractivity contribution in [1.82, 2.24) is 9.97 Å². The Bertz CT molecular complexity index is 364. The van der Waals surface area contributed by atoms with Crippen molar-refractivity contribution in [2.75, 3.05) is 12.4 Å². The molecule has 0 aliphatic heterocycles. The quantitative estimate of drug-likeness (QED) is 0.762. The van der Waals surface area contributed by atoms with E-state index in [9.17, 15) is 4.79 Å². The Balaban J connectivity index is 2.93. The van der Waals surface area contributed by atoms with Crippen molar-refractivity contribution >= 4 is 11.8 Å². The number of aromatic nitrogens is 2. The van der Waals surface area contributed by atoms with Gasteiger partial charge >= 0.3 is 5.97 Å². The first-order chi connectivity index (χ1) is 7.02. The predicted molar refractivity (Wildman–Crippen MR) is 56.9 cm³/mol. The van der Waals surface area contributed by atoms with Crippen LogP contribution in [-0.4, -0.2) is 29.1 Å². The summed E-state index contributed by atoms with van der Waals surface area (Å²) in [6.07, 6.45) is -0.147. The maximum absolute atomic E-state index is 11.5. The van der Waals surface area contributed by atoms with Crippen molar-refractivity contribution in [3.05, 3.63) is 17.6 Å². The lowest BCUT2D eigenvalue weighted by molar-refractivity contribution is 0.0370. The molecule has 1 aromatic heterocycles. The van der Waals surface area contributed by atoms with Gasteiger partial charge in [0.2, 0.25) is 0 Å². The van der Waals surface area contributed by atoms with Crippen LogP contribution in [0.5, 0.6) is 0 Å². The monoisotopic (exact) mass is 209 g/mol. The molecule has 5 nitrogen and oxygen atoms in total. The second-order valence-electron chi connectivity index (χ2n) is 3.39. The van der Waals surface area contributed by atoms with E-state index >= 15 is 0 Å². The summed E-state index contributed by atoms with van der Waals surface area (Å²) < 4.78 is 5.03. The van der Waals surface area contributed by atoms with Crippen LogP contribution in [0.3, 0.4) is 0 Å². The van der Waals surface area contributed by atoms with Crippen LogP contribution in [0, 0.1) is 6.92 Å². The number of hydrogen-bond donors (Lipinski definition) is 1. The predicted octanol–water partition coefficient (Wildman–Crippen LogP) is 1.39. The number of rotatable bonds is 3. The van der Waals surface area contributed by atoms with Gasteiger partial charge in [-0.2, -0.15) is 0 Å². The highest BCUT2D eigenvalue weighted by atomic mass is 16.5. The molecule has 0 aliphatic rings.